The zero-order chi connectivity index (χ0) is 15.5. The zero-order valence-electron chi connectivity index (χ0n) is 10.8. The summed E-state index contributed by atoms with van der Waals surface area (Å²) in [4.78, 5) is 0. The Balaban J connectivity index is 1.95. The van der Waals surface area contributed by atoms with Gasteiger partial charge in [-0.15, -0.1) is 10.2 Å². The van der Waals surface area contributed by atoms with Gasteiger partial charge in [-0.3, -0.25) is 0 Å². The molecule has 0 spiro atoms. The van der Waals surface area contributed by atoms with E-state index in [2.05, 4.69) is 15.5 Å². The quantitative estimate of drug-likeness (QED) is 0.754. The van der Waals surface area contributed by atoms with Crippen LogP contribution >= 0.6 is 0 Å². The Bertz CT molecular complexity index is 584. The first-order valence-corrected chi connectivity index (χ1v) is 6.04. The lowest BCUT2D eigenvalue weighted by molar-refractivity contribution is -0.141. The number of halogens is 3. The van der Waals surface area contributed by atoms with Crippen molar-refractivity contribution >= 4 is 11.5 Å². The number of anilines is 2. The Morgan fingerprint density at radius 1 is 1.10 bits per heavy atom. The molecule has 0 amide bonds. The van der Waals surface area contributed by atoms with E-state index in [1.54, 1.807) is 24.3 Å². The fraction of sp³-hybridized carbons (Fsp3) is 0.231. The first-order valence-electron chi connectivity index (χ1n) is 6.04. The molecule has 1 aromatic carbocycles. The third kappa shape index (κ3) is 4.06. The molecule has 8 heteroatoms. The maximum Gasteiger partial charge on any atom is 0.435 e. The minimum absolute atomic E-state index is 0.0873. The van der Waals surface area contributed by atoms with Crippen LogP contribution in [0.5, 0.6) is 0 Å². The summed E-state index contributed by atoms with van der Waals surface area (Å²) in [5, 5.41) is 19.1. The van der Waals surface area contributed by atoms with E-state index in [0.717, 1.165) is 12.1 Å². The van der Waals surface area contributed by atoms with E-state index in [0.29, 0.717) is 11.3 Å². The van der Waals surface area contributed by atoms with Crippen molar-refractivity contribution in [2.24, 2.45) is 0 Å². The standard InChI is InChI=1S/C13H13F3N4O/c14-13(15,16)11-5-6-12(20-19-11)18-7-10(21)8-1-3-9(17)4-2-8/h1-6,10,21H,7,17H2,(H,18,20). The predicted octanol–water partition coefficient (Wildman–Crippen LogP) is 2.22. The average molecular weight is 298 g/mol. The number of aromatic nitrogens is 2. The van der Waals surface area contributed by atoms with Gasteiger partial charge in [-0.25, -0.2) is 0 Å². The molecule has 0 radical (unpaired) electrons. The number of aliphatic hydroxyl groups is 1. The molecule has 112 valence electrons. The molecule has 0 fully saturated rings. The van der Waals surface area contributed by atoms with Crippen LogP contribution in [0.3, 0.4) is 0 Å². The summed E-state index contributed by atoms with van der Waals surface area (Å²) in [7, 11) is 0. The van der Waals surface area contributed by atoms with Gasteiger partial charge in [0, 0.05) is 12.2 Å². The predicted molar refractivity (Wildman–Crippen MR) is 71.3 cm³/mol. The van der Waals surface area contributed by atoms with Crippen LogP contribution in [0.15, 0.2) is 36.4 Å². The number of nitrogens with zero attached hydrogens (tertiary/aromatic N) is 2. The molecule has 1 heterocycles. The molecule has 0 saturated carbocycles. The van der Waals surface area contributed by atoms with E-state index in [1.807, 2.05) is 0 Å². The summed E-state index contributed by atoms with van der Waals surface area (Å²) in [5.74, 6) is 0.150. The highest BCUT2D eigenvalue weighted by Gasteiger charge is 2.32. The SMILES string of the molecule is Nc1ccc(C(O)CNc2ccc(C(F)(F)F)nn2)cc1. The Morgan fingerprint density at radius 3 is 2.29 bits per heavy atom. The second kappa shape index (κ2) is 5.96. The second-order valence-corrected chi connectivity index (χ2v) is 4.36. The van der Waals surface area contributed by atoms with Gasteiger partial charge >= 0.3 is 6.18 Å². The Kier molecular flexibility index (Phi) is 4.27. The van der Waals surface area contributed by atoms with Crippen molar-refractivity contribution in [2.45, 2.75) is 12.3 Å². The maximum atomic E-state index is 12.3. The highest BCUT2D eigenvalue weighted by molar-refractivity contribution is 5.40. The van der Waals surface area contributed by atoms with Crippen molar-refractivity contribution in [1.29, 1.82) is 0 Å². The van der Waals surface area contributed by atoms with Gasteiger partial charge in [-0.05, 0) is 29.8 Å². The van der Waals surface area contributed by atoms with Gasteiger partial charge in [0.25, 0.3) is 0 Å². The lowest BCUT2D eigenvalue weighted by Crippen LogP contribution is -2.15. The Morgan fingerprint density at radius 2 is 1.76 bits per heavy atom. The van der Waals surface area contributed by atoms with Crippen LogP contribution in [0.25, 0.3) is 0 Å². The number of rotatable bonds is 4. The van der Waals surface area contributed by atoms with Crippen LogP contribution in [0.2, 0.25) is 0 Å². The van der Waals surface area contributed by atoms with Gasteiger partial charge in [0.1, 0.15) is 5.82 Å². The van der Waals surface area contributed by atoms with E-state index in [9.17, 15) is 18.3 Å². The fourth-order valence-corrected chi connectivity index (χ4v) is 1.61. The van der Waals surface area contributed by atoms with Gasteiger partial charge in [-0.2, -0.15) is 13.2 Å². The molecule has 0 bridgehead atoms. The Labute approximate surface area is 118 Å². The lowest BCUT2D eigenvalue weighted by atomic mass is 10.1. The molecule has 4 N–H and O–H groups in total. The topological polar surface area (TPSA) is 84.1 Å². The van der Waals surface area contributed by atoms with Crippen molar-refractivity contribution in [3.05, 3.63) is 47.7 Å². The third-order valence-corrected chi connectivity index (χ3v) is 2.75. The number of aliphatic hydroxyl groups excluding tert-OH is 1. The highest BCUT2D eigenvalue weighted by Crippen LogP contribution is 2.27. The van der Waals surface area contributed by atoms with Gasteiger partial charge in [0.2, 0.25) is 0 Å². The minimum atomic E-state index is -4.52. The molecule has 2 aromatic rings. The molecule has 5 nitrogen and oxygen atoms in total. The van der Waals surface area contributed by atoms with Crippen LogP contribution in [0.4, 0.5) is 24.7 Å². The van der Waals surface area contributed by atoms with E-state index in [4.69, 9.17) is 5.73 Å². The van der Waals surface area contributed by atoms with E-state index in [1.165, 1.54) is 0 Å². The van der Waals surface area contributed by atoms with Crippen molar-refractivity contribution in [3.63, 3.8) is 0 Å². The van der Waals surface area contributed by atoms with Crippen molar-refractivity contribution in [3.8, 4) is 0 Å². The number of hydrogen-bond acceptors (Lipinski definition) is 5. The van der Waals surface area contributed by atoms with Gasteiger partial charge in [0.15, 0.2) is 5.69 Å². The molecule has 0 aliphatic rings. The number of hydrogen-bond donors (Lipinski definition) is 3. The number of nitrogens with one attached hydrogen (secondary N) is 1. The van der Waals surface area contributed by atoms with Crippen LogP contribution in [-0.4, -0.2) is 21.8 Å². The highest BCUT2D eigenvalue weighted by atomic mass is 19.4. The zero-order valence-corrected chi connectivity index (χ0v) is 10.8. The molecule has 1 unspecified atom stereocenters. The molecule has 0 aliphatic carbocycles. The number of nitrogens with two attached hydrogens (primary N) is 1. The van der Waals surface area contributed by atoms with Crippen molar-refractivity contribution in [2.75, 3.05) is 17.6 Å². The molecular formula is C13H13F3N4O. The largest absolute Gasteiger partial charge is 0.435 e. The first-order chi connectivity index (χ1) is 9.86. The van der Waals surface area contributed by atoms with Crippen molar-refractivity contribution < 1.29 is 18.3 Å². The summed E-state index contributed by atoms with van der Waals surface area (Å²) < 4.78 is 36.9. The number of alkyl halides is 3. The van der Waals surface area contributed by atoms with Crippen LogP contribution in [-0.2, 0) is 6.18 Å². The normalized spacial score (nSPS) is 13.0. The van der Waals surface area contributed by atoms with E-state index >= 15 is 0 Å². The molecule has 1 atom stereocenters. The summed E-state index contributed by atoms with van der Waals surface area (Å²) in [6.45, 7) is 0.0873. The number of nitrogen functional groups attached to an aromatic ring is 1. The molecule has 21 heavy (non-hydrogen) atoms. The van der Waals surface area contributed by atoms with E-state index in [-0.39, 0.29) is 12.4 Å². The van der Waals surface area contributed by atoms with Gasteiger partial charge in [0.05, 0.1) is 6.10 Å². The van der Waals surface area contributed by atoms with Gasteiger partial charge < -0.3 is 16.2 Å². The third-order valence-electron chi connectivity index (χ3n) is 2.75. The lowest BCUT2D eigenvalue weighted by Gasteiger charge is -2.13. The minimum Gasteiger partial charge on any atom is -0.399 e. The average Bonchev–Trinajstić information content (AvgIpc) is 2.45. The van der Waals surface area contributed by atoms with Crippen molar-refractivity contribution in [1.82, 2.24) is 10.2 Å². The second-order valence-electron chi connectivity index (χ2n) is 4.36. The van der Waals surface area contributed by atoms with Crippen LogP contribution in [0.1, 0.15) is 17.4 Å². The smallest absolute Gasteiger partial charge is 0.399 e. The molecule has 1 aromatic heterocycles. The molecule has 0 saturated heterocycles. The van der Waals surface area contributed by atoms with Crippen LogP contribution < -0.4 is 11.1 Å². The van der Waals surface area contributed by atoms with Crippen LogP contribution in [0, 0.1) is 0 Å². The Hall–Kier alpha value is -2.35. The summed E-state index contributed by atoms with van der Waals surface area (Å²) in [5.41, 5.74) is 5.68. The molecular weight excluding hydrogens is 285 g/mol. The monoisotopic (exact) mass is 298 g/mol. The summed E-state index contributed by atoms with van der Waals surface area (Å²) in [6.07, 6.45) is -5.36. The number of benzene rings is 1. The van der Waals surface area contributed by atoms with E-state index < -0.39 is 18.0 Å². The fourth-order valence-electron chi connectivity index (χ4n) is 1.61. The first kappa shape index (κ1) is 15.0. The molecule has 2 rings (SSSR count). The summed E-state index contributed by atoms with van der Waals surface area (Å²) >= 11 is 0. The summed E-state index contributed by atoms with van der Waals surface area (Å²) in [6, 6.07) is 8.61. The van der Waals surface area contributed by atoms with Gasteiger partial charge in [-0.1, -0.05) is 12.1 Å². The maximum absolute atomic E-state index is 12.3. The molecule has 0 aliphatic heterocycles.